The zero-order valence-corrected chi connectivity index (χ0v) is 11.7. The molecule has 0 spiro atoms. The molecule has 0 radical (unpaired) electrons. The van der Waals surface area contributed by atoms with E-state index in [-0.39, 0.29) is 0 Å². The molecule has 1 saturated carbocycles. The van der Waals surface area contributed by atoms with Gasteiger partial charge in [-0.2, -0.15) is 0 Å². The van der Waals surface area contributed by atoms with Gasteiger partial charge in [0.15, 0.2) is 0 Å². The fraction of sp³-hybridized carbons (Fsp3) is 0.625. The maximum Gasteiger partial charge on any atom is 0.0359 e. The SMILES string of the molecule is CC(C)N(Cc1ccccc1N)C1CCCCC1. The highest BCUT2D eigenvalue weighted by Crippen LogP contribution is 2.26. The van der Waals surface area contributed by atoms with E-state index < -0.39 is 0 Å². The molecule has 1 fully saturated rings. The van der Waals surface area contributed by atoms with Gasteiger partial charge in [-0.3, -0.25) is 4.90 Å². The summed E-state index contributed by atoms with van der Waals surface area (Å²) in [4.78, 5) is 2.63. The molecule has 1 aliphatic carbocycles. The van der Waals surface area contributed by atoms with Gasteiger partial charge in [-0.1, -0.05) is 37.5 Å². The van der Waals surface area contributed by atoms with Crippen LogP contribution in [0.25, 0.3) is 0 Å². The maximum atomic E-state index is 6.07. The predicted octanol–water partition coefficient (Wildman–Crippen LogP) is 3.81. The number of benzene rings is 1. The molecular formula is C16H26N2. The summed E-state index contributed by atoms with van der Waals surface area (Å²) in [6, 6.07) is 9.61. The van der Waals surface area contributed by atoms with E-state index in [1.54, 1.807) is 0 Å². The molecule has 2 nitrogen and oxygen atoms in total. The van der Waals surface area contributed by atoms with Crippen molar-refractivity contribution in [3.05, 3.63) is 29.8 Å². The van der Waals surface area contributed by atoms with Crippen LogP contribution in [0.1, 0.15) is 51.5 Å². The Balaban J connectivity index is 2.08. The standard InChI is InChI=1S/C16H26N2/c1-13(2)18(15-9-4-3-5-10-15)12-14-8-6-7-11-16(14)17/h6-8,11,13,15H,3-5,9-10,12,17H2,1-2H3. The molecule has 2 N–H and O–H groups in total. The highest BCUT2D eigenvalue weighted by molar-refractivity contribution is 5.46. The van der Waals surface area contributed by atoms with Gasteiger partial charge in [0.25, 0.3) is 0 Å². The Morgan fingerprint density at radius 3 is 2.44 bits per heavy atom. The minimum atomic E-state index is 0.590. The molecule has 2 heteroatoms. The lowest BCUT2D eigenvalue weighted by Gasteiger charge is -2.37. The van der Waals surface area contributed by atoms with Crippen molar-refractivity contribution < 1.29 is 0 Å². The van der Waals surface area contributed by atoms with Gasteiger partial charge in [0.05, 0.1) is 0 Å². The molecule has 0 amide bonds. The van der Waals surface area contributed by atoms with Gasteiger partial charge < -0.3 is 5.73 Å². The van der Waals surface area contributed by atoms with E-state index in [1.165, 1.54) is 37.7 Å². The first-order valence-corrected chi connectivity index (χ1v) is 7.27. The molecule has 0 unspecified atom stereocenters. The minimum absolute atomic E-state index is 0.590. The van der Waals surface area contributed by atoms with Crippen LogP contribution in [0.4, 0.5) is 5.69 Å². The van der Waals surface area contributed by atoms with Crippen molar-refractivity contribution in [2.24, 2.45) is 0 Å². The number of rotatable bonds is 4. The van der Waals surface area contributed by atoms with E-state index in [0.717, 1.165) is 18.3 Å². The van der Waals surface area contributed by atoms with Crippen LogP contribution in [0.2, 0.25) is 0 Å². The molecule has 0 heterocycles. The Hall–Kier alpha value is -1.02. The normalized spacial score (nSPS) is 17.6. The summed E-state index contributed by atoms with van der Waals surface area (Å²) in [5, 5.41) is 0. The van der Waals surface area contributed by atoms with Gasteiger partial charge in [-0.05, 0) is 38.3 Å². The molecule has 0 saturated heterocycles. The predicted molar refractivity (Wildman–Crippen MR) is 78.4 cm³/mol. The van der Waals surface area contributed by atoms with Crippen molar-refractivity contribution in [1.82, 2.24) is 4.90 Å². The van der Waals surface area contributed by atoms with Crippen molar-refractivity contribution in [3.8, 4) is 0 Å². The van der Waals surface area contributed by atoms with Gasteiger partial charge in [-0.25, -0.2) is 0 Å². The molecular weight excluding hydrogens is 220 g/mol. The smallest absolute Gasteiger partial charge is 0.0359 e. The zero-order valence-electron chi connectivity index (χ0n) is 11.7. The lowest BCUT2D eigenvalue weighted by Crippen LogP contribution is -2.41. The second-order valence-corrected chi connectivity index (χ2v) is 5.76. The first-order chi connectivity index (χ1) is 8.68. The van der Waals surface area contributed by atoms with Crippen molar-refractivity contribution in [2.45, 2.75) is 64.6 Å². The van der Waals surface area contributed by atoms with Crippen LogP contribution in [0, 0.1) is 0 Å². The molecule has 0 atom stereocenters. The first-order valence-electron chi connectivity index (χ1n) is 7.27. The Morgan fingerprint density at radius 2 is 1.83 bits per heavy atom. The number of nitrogen functional groups attached to an aromatic ring is 1. The van der Waals surface area contributed by atoms with E-state index >= 15 is 0 Å². The van der Waals surface area contributed by atoms with Crippen LogP contribution in [0.15, 0.2) is 24.3 Å². The average Bonchev–Trinajstić information content (AvgIpc) is 2.38. The lowest BCUT2D eigenvalue weighted by atomic mass is 9.93. The third kappa shape index (κ3) is 3.26. The fourth-order valence-corrected chi connectivity index (χ4v) is 3.02. The summed E-state index contributed by atoms with van der Waals surface area (Å²) in [6.07, 6.45) is 6.89. The number of nitrogens with zero attached hydrogens (tertiary/aromatic N) is 1. The Labute approximate surface area is 111 Å². The molecule has 1 aromatic carbocycles. The maximum absolute atomic E-state index is 6.07. The van der Waals surface area contributed by atoms with Crippen molar-refractivity contribution in [2.75, 3.05) is 5.73 Å². The summed E-state index contributed by atoms with van der Waals surface area (Å²) in [7, 11) is 0. The van der Waals surface area contributed by atoms with Crippen LogP contribution >= 0.6 is 0 Å². The third-order valence-corrected chi connectivity index (χ3v) is 4.12. The van der Waals surface area contributed by atoms with Crippen LogP contribution in [-0.2, 0) is 6.54 Å². The quantitative estimate of drug-likeness (QED) is 0.818. The second kappa shape index (κ2) is 6.24. The summed E-state index contributed by atoms with van der Waals surface area (Å²) in [5.41, 5.74) is 8.28. The van der Waals surface area contributed by atoms with Gasteiger partial charge in [0.1, 0.15) is 0 Å². The molecule has 0 bridgehead atoms. The summed E-state index contributed by atoms with van der Waals surface area (Å²) in [5.74, 6) is 0. The van der Waals surface area contributed by atoms with E-state index in [0.29, 0.717) is 6.04 Å². The topological polar surface area (TPSA) is 29.3 Å². The van der Waals surface area contributed by atoms with E-state index in [1.807, 2.05) is 12.1 Å². The third-order valence-electron chi connectivity index (χ3n) is 4.12. The van der Waals surface area contributed by atoms with E-state index in [4.69, 9.17) is 5.73 Å². The Bertz CT molecular complexity index is 367. The fourth-order valence-electron chi connectivity index (χ4n) is 3.02. The number of nitrogens with two attached hydrogens (primary N) is 1. The first kappa shape index (κ1) is 13.4. The highest BCUT2D eigenvalue weighted by atomic mass is 15.2. The summed E-state index contributed by atoms with van der Waals surface area (Å²) < 4.78 is 0. The number of hydrogen-bond donors (Lipinski definition) is 1. The number of anilines is 1. The highest BCUT2D eigenvalue weighted by Gasteiger charge is 2.23. The van der Waals surface area contributed by atoms with Crippen LogP contribution < -0.4 is 5.73 Å². The van der Waals surface area contributed by atoms with Gasteiger partial charge in [0.2, 0.25) is 0 Å². The lowest BCUT2D eigenvalue weighted by molar-refractivity contribution is 0.112. The summed E-state index contributed by atoms with van der Waals surface area (Å²) >= 11 is 0. The molecule has 2 rings (SSSR count). The van der Waals surface area contributed by atoms with E-state index in [9.17, 15) is 0 Å². The average molecular weight is 246 g/mol. The van der Waals surface area contributed by atoms with Crippen molar-refractivity contribution in [3.63, 3.8) is 0 Å². The summed E-state index contributed by atoms with van der Waals surface area (Å²) in [6.45, 7) is 5.59. The van der Waals surface area contributed by atoms with Crippen LogP contribution in [0.3, 0.4) is 0 Å². The van der Waals surface area contributed by atoms with Crippen molar-refractivity contribution >= 4 is 5.69 Å². The molecule has 100 valence electrons. The van der Waals surface area contributed by atoms with Gasteiger partial charge in [-0.15, -0.1) is 0 Å². The second-order valence-electron chi connectivity index (χ2n) is 5.76. The Kier molecular flexibility index (Phi) is 4.65. The molecule has 0 aliphatic heterocycles. The van der Waals surface area contributed by atoms with Gasteiger partial charge >= 0.3 is 0 Å². The molecule has 0 aromatic heterocycles. The molecule has 1 aromatic rings. The number of hydrogen-bond acceptors (Lipinski definition) is 2. The molecule has 1 aliphatic rings. The largest absolute Gasteiger partial charge is 0.398 e. The van der Waals surface area contributed by atoms with Crippen LogP contribution in [0.5, 0.6) is 0 Å². The Morgan fingerprint density at radius 1 is 1.17 bits per heavy atom. The van der Waals surface area contributed by atoms with Crippen molar-refractivity contribution in [1.29, 1.82) is 0 Å². The number of para-hydroxylation sites is 1. The molecule has 18 heavy (non-hydrogen) atoms. The van der Waals surface area contributed by atoms with Gasteiger partial charge in [0, 0.05) is 24.3 Å². The monoisotopic (exact) mass is 246 g/mol. The minimum Gasteiger partial charge on any atom is -0.398 e. The van der Waals surface area contributed by atoms with Crippen LogP contribution in [-0.4, -0.2) is 17.0 Å². The zero-order chi connectivity index (χ0) is 13.0. The van der Waals surface area contributed by atoms with E-state index in [2.05, 4.69) is 30.9 Å².